The molecule has 0 unspecified atom stereocenters. The van der Waals surface area contributed by atoms with E-state index in [1.807, 2.05) is 37.4 Å². The van der Waals surface area contributed by atoms with E-state index in [4.69, 9.17) is 8.94 Å². The lowest BCUT2D eigenvalue weighted by atomic mass is 10.1. The van der Waals surface area contributed by atoms with Crippen LogP contribution in [0.5, 0.6) is 0 Å². The van der Waals surface area contributed by atoms with Crippen molar-refractivity contribution in [2.24, 2.45) is 0 Å². The normalized spacial score (nSPS) is 11.2. The van der Waals surface area contributed by atoms with Crippen molar-refractivity contribution in [3.05, 3.63) is 69.8 Å². The number of amides is 1. The number of nitrogens with one attached hydrogen (secondary N) is 1. The molecule has 5 aromatic heterocycles. The van der Waals surface area contributed by atoms with Gasteiger partial charge in [-0.15, -0.1) is 11.3 Å². The van der Waals surface area contributed by atoms with Crippen LogP contribution in [0.4, 0.5) is 0 Å². The number of aromatic nitrogens is 4. The first kappa shape index (κ1) is 20.1. The Labute approximate surface area is 187 Å². The van der Waals surface area contributed by atoms with E-state index in [1.165, 1.54) is 11.3 Å². The lowest BCUT2D eigenvalue weighted by Crippen LogP contribution is -2.23. The molecule has 0 aliphatic heterocycles. The second-order valence-electron chi connectivity index (χ2n) is 7.38. The van der Waals surface area contributed by atoms with Crippen molar-refractivity contribution in [3.8, 4) is 22.5 Å². The minimum atomic E-state index is -0.247. The van der Waals surface area contributed by atoms with E-state index < -0.39 is 0 Å². The van der Waals surface area contributed by atoms with Crippen molar-refractivity contribution >= 4 is 28.3 Å². The summed E-state index contributed by atoms with van der Waals surface area (Å²) in [5.41, 5.74) is 4.64. The van der Waals surface area contributed by atoms with Gasteiger partial charge in [0.2, 0.25) is 0 Å². The molecule has 1 amide bonds. The molecular weight excluding hydrogens is 426 g/mol. The summed E-state index contributed by atoms with van der Waals surface area (Å²) >= 11 is 1.49. The van der Waals surface area contributed by atoms with Crippen LogP contribution in [0, 0.1) is 20.8 Å². The Hall–Kier alpha value is -3.85. The first-order chi connectivity index (χ1) is 15.5. The first-order valence-corrected chi connectivity index (χ1v) is 10.8. The van der Waals surface area contributed by atoms with E-state index in [0.717, 1.165) is 33.3 Å². The summed E-state index contributed by atoms with van der Waals surface area (Å²) in [5, 5.41) is 10.3. The lowest BCUT2D eigenvalue weighted by molar-refractivity contribution is 0.0952. The van der Waals surface area contributed by atoms with Gasteiger partial charge in [0.05, 0.1) is 34.6 Å². The van der Waals surface area contributed by atoms with E-state index in [-0.39, 0.29) is 5.91 Å². The molecule has 160 valence electrons. The second-order valence-corrected chi connectivity index (χ2v) is 8.32. The van der Waals surface area contributed by atoms with Gasteiger partial charge >= 0.3 is 0 Å². The third kappa shape index (κ3) is 3.67. The van der Waals surface area contributed by atoms with Crippen molar-refractivity contribution in [1.82, 2.24) is 25.4 Å². The van der Waals surface area contributed by atoms with Gasteiger partial charge in [-0.3, -0.25) is 9.78 Å². The van der Waals surface area contributed by atoms with E-state index in [2.05, 4.69) is 25.4 Å². The molecule has 0 bridgehead atoms. The van der Waals surface area contributed by atoms with Crippen LogP contribution in [0.15, 0.2) is 51.0 Å². The number of furan rings is 1. The van der Waals surface area contributed by atoms with Crippen molar-refractivity contribution in [2.45, 2.75) is 27.3 Å². The average molecular weight is 446 g/mol. The molecule has 0 aliphatic rings. The Bertz CT molecular complexity index is 1430. The average Bonchev–Trinajstić information content (AvgIpc) is 3.51. The molecule has 9 heteroatoms. The standard InChI is InChI=1S/C23H19N5O3S/c1-12-8-16(14(3)30-12)18-9-17(21-13(2)28-31-23(21)27-18)22(29)25-10-20-26-19(11-32-20)15-4-6-24-7-5-15/h4-9,11H,10H2,1-3H3,(H,25,29). The van der Waals surface area contributed by atoms with Gasteiger partial charge in [0.25, 0.3) is 11.6 Å². The molecule has 0 saturated carbocycles. The van der Waals surface area contributed by atoms with Gasteiger partial charge in [0.1, 0.15) is 16.5 Å². The summed E-state index contributed by atoms with van der Waals surface area (Å²) in [6, 6.07) is 7.45. The Morgan fingerprint density at radius 3 is 2.66 bits per heavy atom. The minimum Gasteiger partial charge on any atom is -0.466 e. The Morgan fingerprint density at radius 2 is 1.91 bits per heavy atom. The summed E-state index contributed by atoms with van der Waals surface area (Å²) in [4.78, 5) is 26.4. The maximum absolute atomic E-state index is 13.2. The largest absolute Gasteiger partial charge is 0.466 e. The van der Waals surface area contributed by atoms with E-state index in [1.54, 1.807) is 25.4 Å². The van der Waals surface area contributed by atoms with Crippen LogP contribution in [0.25, 0.3) is 33.6 Å². The fourth-order valence-electron chi connectivity index (χ4n) is 3.60. The van der Waals surface area contributed by atoms with Crippen LogP contribution >= 0.6 is 11.3 Å². The van der Waals surface area contributed by atoms with Crippen LogP contribution < -0.4 is 5.32 Å². The van der Waals surface area contributed by atoms with Crippen LogP contribution in [-0.2, 0) is 6.54 Å². The molecule has 0 aromatic carbocycles. The lowest BCUT2D eigenvalue weighted by Gasteiger charge is -2.07. The highest BCUT2D eigenvalue weighted by atomic mass is 32.1. The summed E-state index contributed by atoms with van der Waals surface area (Å²) < 4.78 is 11.0. The van der Waals surface area contributed by atoms with Gasteiger partial charge in [-0.1, -0.05) is 5.16 Å². The van der Waals surface area contributed by atoms with E-state index in [9.17, 15) is 4.79 Å². The summed E-state index contributed by atoms with van der Waals surface area (Å²) in [7, 11) is 0. The first-order valence-electron chi connectivity index (χ1n) is 9.97. The van der Waals surface area contributed by atoms with Gasteiger partial charge in [-0.2, -0.15) is 0 Å². The molecule has 5 aromatic rings. The maximum atomic E-state index is 13.2. The number of hydrogen-bond acceptors (Lipinski definition) is 8. The Morgan fingerprint density at radius 1 is 1.09 bits per heavy atom. The molecule has 0 saturated heterocycles. The van der Waals surface area contributed by atoms with Gasteiger partial charge in [-0.25, -0.2) is 9.97 Å². The molecule has 5 heterocycles. The molecule has 1 N–H and O–H groups in total. The van der Waals surface area contributed by atoms with Crippen molar-refractivity contribution in [1.29, 1.82) is 0 Å². The quantitative estimate of drug-likeness (QED) is 0.412. The molecule has 32 heavy (non-hydrogen) atoms. The number of pyridine rings is 2. The Balaban J connectivity index is 1.44. The van der Waals surface area contributed by atoms with Crippen LogP contribution in [0.3, 0.4) is 0 Å². The molecule has 5 rings (SSSR count). The van der Waals surface area contributed by atoms with Crippen molar-refractivity contribution in [2.75, 3.05) is 0 Å². The van der Waals surface area contributed by atoms with Gasteiger partial charge in [0.15, 0.2) is 0 Å². The molecule has 0 fully saturated rings. The van der Waals surface area contributed by atoms with Crippen molar-refractivity contribution < 1.29 is 13.7 Å². The second kappa shape index (κ2) is 8.01. The maximum Gasteiger partial charge on any atom is 0.259 e. The number of thiazole rings is 1. The number of nitrogens with zero attached hydrogens (tertiary/aromatic N) is 4. The monoisotopic (exact) mass is 445 g/mol. The molecule has 8 nitrogen and oxygen atoms in total. The number of rotatable bonds is 5. The van der Waals surface area contributed by atoms with Crippen LogP contribution in [-0.4, -0.2) is 26.0 Å². The number of fused-ring (bicyclic) bond motifs is 1. The highest BCUT2D eigenvalue weighted by Gasteiger charge is 2.21. The van der Waals surface area contributed by atoms with E-state index >= 15 is 0 Å². The predicted octanol–water partition coefficient (Wildman–Crippen LogP) is 4.86. The Kier molecular flexibility index (Phi) is 5.02. The van der Waals surface area contributed by atoms with Crippen LogP contribution in [0.1, 0.15) is 32.6 Å². The smallest absolute Gasteiger partial charge is 0.259 e. The van der Waals surface area contributed by atoms with E-state index in [0.29, 0.717) is 34.6 Å². The number of carbonyl (C=O) groups is 1. The number of hydrogen-bond donors (Lipinski definition) is 1. The topological polar surface area (TPSA) is 107 Å². The zero-order valence-corrected chi connectivity index (χ0v) is 18.5. The van der Waals surface area contributed by atoms with Crippen LogP contribution in [0.2, 0.25) is 0 Å². The predicted molar refractivity (Wildman–Crippen MR) is 120 cm³/mol. The fraction of sp³-hybridized carbons (Fsp3) is 0.174. The SMILES string of the molecule is Cc1cc(-c2cc(C(=O)NCc3nc(-c4ccncc4)cs3)c3c(C)noc3n2)c(C)o1. The highest BCUT2D eigenvalue weighted by Crippen LogP contribution is 2.30. The third-order valence-electron chi connectivity index (χ3n) is 5.11. The van der Waals surface area contributed by atoms with Gasteiger partial charge in [-0.05, 0) is 45.0 Å². The summed E-state index contributed by atoms with van der Waals surface area (Å²) in [6.07, 6.45) is 3.46. The molecule has 0 radical (unpaired) electrons. The summed E-state index contributed by atoms with van der Waals surface area (Å²) in [6.45, 7) is 5.83. The van der Waals surface area contributed by atoms with Gasteiger partial charge in [0, 0.05) is 28.9 Å². The summed E-state index contributed by atoms with van der Waals surface area (Å²) in [5.74, 6) is 1.25. The number of aryl methyl sites for hydroxylation is 3. The molecule has 0 spiro atoms. The zero-order chi connectivity index (χ0) is 22.2. The van der Waals surface area contributed by atoms with Crippen molar-refractivity contribution in [3.63, 3.8) is 0 Å². The highest BCUT2D eigenvalue weighted by molar-refractivity contribution is 7.09. The number of carbonyl (C=O) groups excluding carboxylic acids is 1. The van der Waals surface area contributed by atoms with Gasteiger partial charge < -0.3 is 14.3 Å². The molecule has 0 aliphatic carbocycles. The fourth-order valence-corrected chi connectivity index (χ4v) is 4.34. The zero-order valence-electron chi connectivity index (χ0n) is 17.7. The molecule has 0 atom stereocenters. The molecular formula is C23H19N5O3S. The minimum absolute atomic E-state index is 0.247. The third-order valence-corrected chi connectivity index (χ3v) is 5.96.